The molecule has 0 aliphatic rings. The van der Waals surface area contributed by atoms with Crippen LogP contribution in [0.25, 0.3) is 0 Å². The highest BCUT2D eigenvalue weighted by atomic mass is 127. The second-order valence-electron chi connectivity index (χ2n) is 2.97. The highest BCUT2D eigenvalue weighted by Crippen LogP contribution is 2.24. The lowest BCUT2D eigenvalue weighted by Gasteiger charge is -2.15. The summed E-state index contributed by atoms with van der Waals surface area (Å²) < 4.78 is 4.68. The predicted molar refractivity (Wildman–Crippen MR) is 74.0 cm³/mol. The van der Waals surface area contributed by atoms with Gasteiger partial charge >= 0.3 is 0 Å². The van der Waals surface area contributed by atoms with E-state index in [1.807, 2.05) is 0 Å². The van der Waals surface area contributed by atoms with Crippen LogP contribution >= 0.6 is 45.5 Å². The predicted octanol–water partition coefficient (Wildman–Crippen LogP) is 4.07. The van der Waals surface area contributed by atoms with Crippen LogP contribution in [0, 0.1) is 3.57 Å². The minimum absolute atomic E-state index is 0.499. The van der Waals surface area contributed by atoms with E-state index >= 15 is 0 Å². The minimum Gasteiger partial charge on any atom is -0.254 e. The third kappa shape index (κ3) is 3.36. The minimum atomic E-state index is 0.499. The summed E-state index contributed by atoms with van der Waals surface area (Å²) in [5, 5.41) is 0. The van der Waals surface area contributed by atoms with Gasteiger partial charge in [0.15, 0.2) is 0 Å². The van der Waals surface area contributed by atoms with Gasteiger partial charge in [0.1, 0.15) is 0 Å². The largest absolute Gasteiger partial charge is 0.254 e. The highest BCUT2D eigenvalue weighted by Gasteiger charge is 2.10. The van der Waals surface area contributed by atoms with E-state index in [4.69, 9.17) is 0 Å². The number of rotatable bonds is 4. The van der Waals surface area contributed by atoms with E-state index in [1.54, 1.807) is 0 Å². The van der Waals surface area contributed by atoms with Crippen LogP contribution in [-0.4, -0.2) is 0 Å². The van der Waals surface area contributed by atoms with Crippen molar-refractivity contribution in [2.45, 2.75) is 25.8 Å². The molecule has 0 spiro atoms. The Morgan fingerprint density at radius 3 is 2.62 bits per heavy atom. The molecule has 1 aromatic rings. The lowest BCUT2D eigenvalue weighted by Crippen LogP contribution is -2.11. The van der Waals surface area contributed by atoms with Gasteiger partial charge in [0.25, 0.3) is 0 Å². The maximum atomic E-state index is 3.33. The van der Waals surface area contributed by atoms with Crippen molar-refractivity contribution in [1.82, 2.24) is 3.53 Å². The van der Waals surface area contributed by atoms with Gasteiger partial charge in [0.2, 0.25) is 0 Å². The summed E-state index contributed by atoms with van der Waals surface area (Å²) in [5.74, 6) is 0. The SMILES string of the molecule is CCCC(NI)c1ccccc1I. The van der Waals surface area contributed by atoms with Crippen molar-refractivity contribution in [2.24, 2.45) is 0 Å². The van der Waals surface area contributed by atoms with Crippen LogP contribution in [0.3, 0.4) is 0 Å². The number of nitrogens with one attached hydrogen (secondary N) is 1. The number of halogens is 2. The van der Waals surface area contributed by atoms with Crippen molar-refractivity contribution < 1.29 is 0 Å². The van der Waals surface area contributed by atoms with Crippen LogP contribution in [0.15, 0.2) is 24.3 Å². The van der Waals surface area contributed by atoms with Gasteiger partial charge in [-0.3, -0.25) is 3.53 Å². The summed E-state index contributed by atoms with van der Waals surface area (Å²) in [4.78, 5) is 0. The average molecular weight is 401 g/mol. The first-order chi connectivity index (χ1) is 6.29. The van der Waals surface area contributed by atoms with E-state index in [0.29, 0.717) is 6.04 Å². The molecule has 0 saturated heterocycles. The summed E-state index contributed by atoms with van der Waals surface area (Å²) in [6.07, 6.45) is 2.41. The first-order valence-electron chi connectivity index (χ1n) is 4.40. The van der Waals surface area contributed by atoms with E-state index < -0.39 is 0 Å². The molecule has 1 rings (SSSR count). The van der Waals surface area contributed by atoms with Crippen LogP contribution in [0.1, 0.15) is 31.4 Å². The molecule has 72 valence electrons. The molecule has 0 aliphatic heterocycles. The molecule has 0 aliphatic carbocycles. The molecule has 0 saturated carbocycles. The Morgan fingerprint density at radius 2 is 2.08 bits per heavy atom. The first kappa shape index (κ1) is 11.7. The van der Waals surface area contributed by atoms with Gasteiger partial charge in [0, 0.05) is 32.5 Å². The molecule has 1 N–H and O–H groups in total. The Hall–Kier alpha value is 0.640. The molecular formula is C10H13I2N. The van der Waals surface area contributed by atoms with Crippen molar-refractivity contribution in [2.75, 3.05) is 0 Å². The van der Waals surface area contributed by atoms with Crippen LogP contribution in [0.4, 0.5) is 0 Å². The molecule has 13 heavy (non-hydrogen) atoms. The molecular weight excluding hydrogens is 388 g/mol. The Labute approximate surface area is 107 Å². The Morgan fingerprint density at radius 1 is 1.38 bits per heavy atom. The number of hydrogen-bond donors (Lipinski definition) is 1. The summed E-state index contributed by atoms with van der Waals surface area (Å²) >= 11 is 4.63. The summed E-state index contributed by atoms with van der Waals surface area (Å²) in [6.45, 7) is 2.22. The molecule has 1 atom stereocenters. The molecule has 0 fully saturated rings. The molecule has 1 nitrogen and oxygen atoms in total. The Kier molecular flexibility index (Phi) is 5.57. The van der Waals surface area contributed by atoms with Crippen molar-refractivity contribution in [3.8, 4) is 0 Å². The van der Waals surface area contributed by atoms with Crippen molar-refractivity contribution in [3.05, 3.63) is 33.4 Å². The summed E-state index contributed by atoms with van der Waals surface area (Å²) in [6, 6.07) is 9.05. The maximum absolute atomic E-state index is 3.33. The third-order valence-corrected chi connectivity index (χ3v) is 3.72. The van der Waals surface area contributed by atoms with E-state index in [2.05, 4.69) is 80.2 Å². The third-order valence-electron chi connectivity index (χ3n) is 1.99. The number of hydrogen-bond acceptors (Lipinski definition) is 1. The molecule has 3 heteroatoms. The highest BCUT2D eigenvalue weighted by molar-refractivity contribution is 14.1. The fraction of sp³-hybridized carbons (Fsp3) is 0.400. The van der Waals surface area contributed by atoms with Crippen LogP contribution < -0.4 is 3.53 Å². The monoisotopic (exact) mass is 401 g/mol. The van der Waals surface area contributed by atoms with Crippen molar-refractivity contribution in [1.29, 1.82) is 0 Å². The fourth-order valence-corrected chi connectivity index (χ4v) is 2.73. The van der Waals surface area contributed by atoms with Gasteiger partial charge in [-0.2, -0.15) is 0 Å². The van der Waals surface area contributed by atoms with Gasteiger partial charge in [-0.05, 0) is 40.6 Å². The zero-order valence-electron chi connectivity index (χ0n) is 7.56. The smallest absolute Gasteiger partial charge is 0.0423 e. The van der Waals surface area contributed by atoms with E-state index in [9.17, 15) is 0 Å². The molecule has 0 bridgehead atoms. The fourth-order valence-electron chi connectivity index (χ4n) is 1.32. The normalized spacial score (nSPS) is 12.8. The second-order valence-corrected chi connectivity index (χ2v) is 4.76. The molecule has 0 radical (unpaired) electrons. The standard InChI is InChI=1S/C10H13I2N/c1-2-5-10(13-12)8-6-3-4-7-9(8)11/h3-4,6-7,10,13H,2,5H2,1H3. The molecule has 0 aromatic heterocycles. The maximum Gasteiger partial charge on any atom is 0.0423 e. The van der Waals surface area contributed by atoms with Crippen LogP contribution in [0.2, 0.25) is 0 Å². The Bertz CT molecular complexity index is 263. The topological polar surface area (TPSA) is 12.0 Å². The zero-order chi connectivity index (χ0) is 9.68. The van der Waals surface area contributed by atoms with Crippen molar-refractivity contribution >= 4 is 45.5 Å². The van der Waals surface area contributed by atoms with Crippen LogP contribution in [0.5, 0.6) is 0 Å². The first-order valence-corrected chi connectivity index (χ1v) is 6.56. The second kappa shape index (κ2) is 6.19. The summed E-state index contributed by atoms with van der Waals surface area (Å²) in [7, 11) is 0. The lowest BCUT2D eigenvalue weighted by atomic mass is 10.0. The lowest BCUT2D eigenvalue weighted by molar-refractivity contribution is 0.613. The number of benzene rings is 1. The van der Waals surface area contributed by atoms with Gasteiger partial charge in [0.05, 0.1) is 0 Å². The molecule has 1 aromatic carbocycles. The Balaban J connectivity index is 2.84. The van der Waals surface area contributed by atoms with E-state index in [1.165, 1.54) is 22.0 Å². The summed E-state index contributed by atoms with van der Waals surface area (Å²) in [5.41, 5.74) is 1.42. The van der Waals surface area contributed by atoms with Crippen molar-refractivity contribution in [3.63, 3.8) is 0 Å². The van der Waals surface area contributed by atoms with Gasteiger partial charge in [-0.1, -0.05) is 31.5 Å². The molecule has 0 heterocycles. The van der Waals surface area contributed by atoms with Gasteiger partial charge in [-0.25, -0.2) is 0 Å². The van der Waals surface area contributed by atoms with Gasteiger partial charge < -0.3 is 0 Å². The molecule has 1 unspecified atom stereocenters. The van der Waals surface area contributed by atoms with Crippen LogP contribution in [-0.2, 0) is 0 Å². The zero-order valence-corrected chi connectivity index (χ0v) is 11.9. The van der Waals surface area contributed by atoms with E-state index in [-0.39, 0.29) is 0 Å². The van der Waals surface area contributed by atoms with E-state index in [0.717, 1.165) is 0 Å². The quantitative estimate of drug-likeness (QED) is 0.593. The average Bonchev–Trinajstić information content (AvgIpc) is 2.16. The van der Waals surface area contributed by atoms with Gasteiger partial charge in [-0.15, -0.1) is 0 Å². The molecule has 0 amide bonds.